The number of anilines is 1. The lowest BCUT2D eigenvalue weighted by Gasteiger charge is -2.37. The van der Waals surface area contributed by atoms with Crippen molar-refractivity contribution in [1.82, 2.24) is 10.2 Å². The molecule has 1 aromatic heterocycles. The van der Waals surface area contributed by atoms with Crippen LogP contribution in [0.25, 0.3) is 11.0 Å². The standard InChI is InChI=1S/C20H17ClN4O4S/c21-15-12-14(25(27)28)5-6-16(15)23-7-9-24(10-8-23)20(30)22-19(26)18-11-13-3-1-2-4-17(13)29-18/h1-6,11-12H,7-10H2,(H,22,26,30). The zero-order valence-corrected chi connectivity index (χ0v) is 17.3. The number of carbonyl (C=O) groups is 1. The summed E-state index contributed by atoms with van der Waals surface area (Å²) in [5.74, 6) is -0.188. The van der Waals surface area contributed by atoms with Crippen LogP contribution in [0.15, 0.2) is 52.9 Å². The number of fused-ring (bicyclic) bond motifs is 1. The van der Waals surface area contributed by atoms with Crippen molar-refractivity contribution in [3.8, 4) is 0 Å². The molecule has 1 saturated heterocycles. The summed E-state index contributed by atoms with van der Waals surface area (Å²) in [5, 5.41) is 15.1. The second-order valence-corrected chi connectivity index (χ2v) is 7.57. The van der Waals surface area contributed by atoms with Crippen LogP contribution in [0.2, 0.25) is 5.02 Å². The zero-order chi connectivity index (χ0) is 21.3. The van der Waals surface area contributed by atoms with E-state index in [2.05, 4.69) is 5.32 Å². The summed E-state index contributed by atoms with van der Waals surface area (Å²) in [6.45, 7) is 2.37. The van der Waals surface area contributed by atoms with Gasteiger partial charge in [-0.1, -0.05) is 29.8 Å². The zero-order valence-electron chi connectivity index (χ0n) is 15.7. The van der Waals surface area contributed by atoms with Crippen LogP contribution in [-0.2, 0) is 0 Å². The van der Waals surface area contributed by atoms with Gasteiger partial charge in [-0.3, -0.25) is 20.2 Å². The average Bonchev–Trinajstić information content (AvgIpc) is 3.18. The highest BCUT2D eigenvalue weighted by molar-refractivity contribution is 7.80. The first-order valence-electron chi connectivity index (χ1n) is 9.20. The number of nitro groups is 1. The number of nitrogens with one attached hydrogen (secondary N) is 1. The first-order valence-corrected chi connectivity index (χ1v) is 9.99. The van der Waals surface area contributed by atoms with Crippen LogP contribution in [0.1, 0.15) is 10.6 Å². The average molecular weight is 445 g/mol. The number of halogens is 1. The van der Waals surface area contributed by atoms with Gasteiger partial charge in [-0.25, -0.2) is 0 Å². The van der Waals surface area contributed by atoms with E-state index in [0.717, 1.165) is 11.1 Å². The molecular weight excluding hydrogens is 428 g/mol. The molecule has 0 bridgehead atoms. The maximum Gasteiger partial charge on any atom is 0.293 e. The molecule has 0 radical (unpaired) electrons. The molecule has 1 fully saturated rings. The Bertz CT molecular complexity index is 1110. The lowest BCUT2D eigenvalue weighted by Crippen LogP contribution is -2.52. The van der Waals surface area contributed by atoms with Crippen molar-refractivity contribution in [2.75, 3.05) is 31.1 Å². The van der Waals surface area contributed by atoms with Crippen LogP contribution in [0.5, 0.6) is 0 Å². The number of non-ortho nitro benzene ring substituents is 1. The Morgan fingerprint density at radius 3 is 2.53 bits per heavy atom. The third kappa shape index (κ3) is 4.07. The summed E-state index contributed by atoms with van der Waals surface area (Å²) in [7, 11) is 0. The van der Waals surface area contributed by atoms with E-state index in [1.165, 1.54) is 12.1 Å². The Morgan fingerprint density at radius 2 is 1.87 bits per heavy atom. The quantitative estimate of drug-likeness (QED) is 0.373. The Hall–Kier alpha value is -3.17. The highest BCUT2D eigenvalue weighted by atomic mass is 35.5. The van der Waals surface area contributed by atoms with E-state index in [4.69, 9.17) is 28.2 Å². The largest absolute Gasteiger partial charge is 0.451 e. The first kappa shape index (κ1) is 20.1. The fraction of sp³-hybridized carbons (Fsp3) is 0.200. The van der Waals surface area contributed by atoms with Crippen molar-refractivity contribution in [2.45, 2.75) is 0 Å². The molecule has 1 amide bonds. The SMILES string of the molecule is O=C(NC(=S)N1CCN(c2ccc([N+](=O)[O-])cc2Cl)CC1)c1cc2ccccc2o1. The number of para-hydroxylation sites is 1. The number of nitrogens with zero attached hydrogens (tertiary/aromatic N) is 3. The molecule has 1 aliphatic heterocycles. The molecule has 0 aliphatic carbocycles. The molecule has 2 aromatic carbocycles. The minimum Gasteiger partial charge on any atom is -0.451 e. The van der Waals surface area contributed by atoms with Gasteiger partial charge in [-0.15, -0.1) is 0 Å². The predicted molar refractivity (Wildman–Crippen MR) is 118 cm³/mol. The van der Waals surface area contributed by atoms with Crippen LogP contribution >= 0.6 is 23.8 Å². The van der Waals surface area contributed by atoms with Gasteiger partial charge in [0.2, 0.25) is 0 Å². The highest BCUT2D eigenvalue weighted by Gasteiger charge is 2.23. The van der Waals surface area contributed by atoms with Crippen LogP contribution < -0.4 is 10.2 Å². The van der Waals surface area contributed by atoms with Crippen molar-refractivity contribution in [1.29, 1.82) is 0 Å². The number of benzene rings is 2. The van der Waals surface area contributed by atoms with E-state index in [-0.39, 0.29) is 11.4 Å². The summed E-state index contributed by atoms with van der Waals surface area (Å²) < 4.78 is 5.57. The lowest BCUT2D eigenvalue weighted by molar-refractivity contribution is -0.384. The van der Waals surface area contributed by atoms with E-state index < -0.39 is 10.8 Å². The smallest absolute Gasteiger partial charge is 0.293 e. The molecule has 0 spiro atoms. The maximum absolute atomic E-state index is 12.5. The van der Waals surface area contributed by atoms with E-state index >= 15 is 0 Å². The topological polar surface area (TPSA) is 91.9 Å². The Labute approximate surface area is 182 Å². The summed E-state index contributed by atoms with van der Waals surface area (Å²) in [5.41, 5.74) is 1.33. The summed E-state index contributed by atoms with van der Waals surface area (Å²) in [4.78, 5) is 26.8. The number of amides is 1. The fourth-order valence-corrected chi connectivity index (χ4v) is 3.92. The molecule has 30 heavy (non-hydrogen) atoms. The van der Waals surface area contributed by atoms with Gasteiger partial charge in [0, 0.05) is 43.7 Å². The second kappa shape index (κ2) is 8.29. The third-order valence-corrected chi connectivity index (χ3v) is 5.58. The third-order valence-electron chi connectivity index (χ3n) is 4.92. The molecule has 10 heteroatoms. The van der Waals surface area contributed by atoms with Gasteiger partial charge >= 0.3 is 0 Å². The van der Waals surface area contributed by atoms with Crippen molar-refractivity contribution in [3.05, 3.63) is 69.4 Å². The number of thiocarbonyl (C=S) groups is 1. The van der Waals surface area contributed by atoms with Gasteiger partial charge < -0.3 is 14.2 Å². The van der Waals surface area contributed by atoms with Crippen LogP contribution in [-0.4, -0.2) is 47.0 Å². The molecule has 0 atom stereocenters. The van der Waals surface area contributed by atoms with E-state index in [9.17, 15) is 14.9 Å². The molecular formula is C20H17ClN4O4S. The molecule has 2 heterocycles. The molecule has 4 rings (SSSR count). The minimum absolute atomic E-state index is 0.0446. The number of piperazine rings is 1. The number of nitro benzene ring substituents is 1. The van der Waals surface area contributed by atoms with Gasteiger partial charge in [0.05, 0.1) is 15.6 Å². The van der Waals surface area contributed by atoms with Gasteiger partial charge in [0.15, 0.2) is 10.9 Å². The molecule has 8 nitrogen and oxygen atoms in total. The molecule has 0 saturated carbocycles. The number of carbonyl (C=O) groups excluding carboxylic acids is 1. The Morgan fingerprint density at radius 1 is 1.13 bits per heavy atom. The van der Waals surface area contributed by atoms with Crippen LogP contribution in [0.4, 0.5) is 11.4 Å². The lowest BCUT2D eigenvalue weighted by atomic mass is 10.2. The number of rotatable bonds is 3. The van der Waals surface area contributed by atoms with Crippen LogP contribution in [0, 0.1) is 10.1 Å². The van der Waals surface area contributed by atoms with Gasteiger partial charge in [-0.2, -0.15) is 0 Å². The van der Waals surface area contributed by atoms with Crippen LogP contribution in [0.3, 0.4) is 0 Å². The van der Waals surface area contributed by atoms with Gasteiger partial charge in [0.25, 0.3) is 11.6 Å². The van der Waals surface area contributed by atoms with E-state index in [0.29, 0.717) is 41.9 Å². The van der Waals surface area contributed by atoms with Gasteiger partial charge in [0.1, 0.15) is 5.58 Å². The second-order valence-electron chi connectivity index (χ2n) is 6.77. The number of furan rings is 1. The molecule has 3 aromatic rings. The Kier molecular flexibility index (Phi) is 5.56. The molecule has 1 N–H and O–H groups in total. The highest BCUT2D eigenvalue weighted by Crippen LogP contribution is 2.30. The normalized spacial score (nSPS) is 14.0. The monoisotopic (exact) mass is 444 g/mol. The fourth-order valence-electron chi connectivity index (χ4n) is 3.35. The molecule has 154 valence electrons. The van der Waals surface area contributed by atoms with Crippen molar-refractivity contribution in [3.63, 3.8) is 0 Å². The predicted octanol–water partition coefficient (Wildman–Crippen LogP) is 3.83. The first-order chi connectivity index (χ1) is 14.4. The summed E-state index contributed by atoms with van der Waals surface area (Å²) in [6.07, 6.45) is 0. The summed E-state index contributed by atoms with van der Waals surface area (Å²) in [6, 6.07) is 13.5. The van der Waals surface area contributed by atoms with Crippen molar-refractivity contribution < 1.29 is 14.1 Å². The Balaban J connectivity index is 1.36. The van der Waals surface area contributed by atoms with Crippen molar-refractivity contribution >= 4 is 57.2 Å². The van der Waals surface area contributed by atoms with E-state index in [1.807, 2.05) is 28.0 Å². The maximum atomic E-state index is 12.5. The molecule has 1 aliphatic rings. The minimum atomic E-state index is -0.475. The molecule has 0 unspecified atom stereocenters. The van der Waals surface area contributed by atoms with E-state index in [1.54, 1.807) is 18.2 Å². The van der Waals surface area contributed by atoms with Crippen molar-refractivity contribution in [2.24, 2.45) is 0 Å². The number of hydrogen-bond donors (Lipinski definition) is 1. The number of hydrogen-bond acceptors (Lipinski definition) is 6. The summed E-state index contributed by atoms with van der Waals surface area (Å²) >= 11 is 11.6. The van der Waals surface area contributed by atoms with Gasteiger partial charge in [-0.05, 0) is 30.4 Å².